The summed E-state index contributed by atoms with van der Waals surface area (Å²) >= 11 is 0. The number of rotatable bonds is 8. The second-order valence-corrected chi connectivity index (χ2v) is 3.33. The van der Waals surface area contributed by atoms with Crippen molar-refractivity contribution >= 4 is 0 Å². The fourth-order valence-electron chi connectivity index (χ4n) is 1.02. The van der Waals surface area contributed by atoms with Gasteiger partial charge >= 0.3 is 6.18 Å². The normalized spacial score (nSPS) is 14.2. The van der Waals surface area contributed by atoms with E-state index in [1.165, 1.54) is 0 Å². The van der Waals surface area contributed by atoms with E-state index < -0.39 is 12.8 Å². The van der Waals surface area contributed by atoms with Crippen LogP contribution in [0.15, 0.2) is 0 Å². The molecule has 0 aromatic carbocycles. The third-order valence-electron chi connectivity index (χ3n) is 1.64. The van der Waals surface area contributed by atoms with Crippen LogP contribution in [0, 0.1) is 0 Å². The summed E-state index contributed by atoms with van der Waals surface area (Å²) in [6.07, 6.45) is -3.67. The number of hydrogen-bond donors (Lipinski definition) is 1. The Hall–Kier alpha value is -0.330. The van der Waals surface area contributed by atoms with Crippen molar-refractivity contribution in [2.45, 2.75) is 25.6 Å². The summed E-state index contributed by atoms with van der Waals surface area (Å²) in [5, 5.41) is 3.09. The molecule has 0 heterocycles. The van der Waals surface area contributed by atoms with Crippen molar-refractivity contribution in [3.05, 3.63) is 0 Å². The van der Waals surface area contributed by atoms with E-state index in [0.717, 1.165) is 0 Å². The SMILES string of the molecule is COCC(C)NCCCOCC(F)(F)F. The molecule has 1 unspecified atom stereocenters. The van der Waals surface area contributed by atoms with E-state index in [4.69, 9.17) is 4.74 Å². The first-order chi connectivity index (χ1) is 6.95. The molecule has 0 aromatic heterocycles. The summed E-state index contributed by atoms with van der Waals surface area (Å²) in [4.78, 5) is 0. The molecule has 0 bridgehead atoms. The number of halogens is 3. The van der Waals surface area contributed by atoms with Gasteiger partial charge in [0, 0.05) is 19.8 Å². The second-order valence-electron chi connectivity index (χ2n) is 3.33. The quantitative estimate of drug-likeness (QED) is 0.641. The Bertz CT molecular complexity index is 153. The molecular formula is C9H18F3NO2. The zero-order chi connectivity index (χ0) is 11.7. The smallest absolute Gasteiger partial charge is 0.383 e. The van der Waals surface area contributed by atoms with Crippen molar-refractivity contribution in [1.82, 2.24) is 5.32 Å². The lowest BCUT2D eigenvalue weighted by atomic mass is 10.3. The van der Waals surface area contributed by atoms with Crippen molar-refractivity contribution in [2.75, 3.05) is 33.5 Å². The average molecular weight is 229 g/mol. The Morgan fingerprint density at radius 1 is 1.33 bits per heavy atom. The van der Waals surface area contributed by atoms with Gasteiger partial charge in [-0.15, -0.1) is 0 Å². The Kier molecular flexibility index (Phi) is 7.72. The first-order valence-electron chi connectivity index (χ1n) is 4.82. The van der Waals surface area contributed by atoms with Crippen LogP contribution >= 0.6 is 0 Å². The first kappa shape index (κ1) is 14.7. The molecule has 0 aromatic rings. The molecule has 1 N–H and O–H groups in total. The van der Waals surface area contributed by atoms with Crippen LogP contribution in [0.3, 0.4) is 0 Å². The van der Waals surface area contributed by atoms with Gasteiger partial charge in [0.2, 0.25) is 0 Å². The molecule has 3 nitrogen and oxygen atoms in total. The molecule has 1 atom stereocenters. The predicted octanol–water partition coefficient (Wildman–Crippen LogP) is 1.58. The fraction of sp³-hybridized carbons (Fsp3) is 1.00. The van der Waals surface area contributed by atoms with Gasteiger partial charge in [-0.3, -0.25) is 0 Å². The molecule has 15 heavy (non-hydrogen) atoms. The molecule has 0 radical (unpaired) electrons. The molecule has 92 valence electrons. The van der Waals surface area contributed by atoms with Crippen molar-refractivity contribution in [3.63, 3.8) is 0 Å². The van der Waals surface area contributed by atoms with Crippen LogP contribution in [-0.2, 0) is 9.47 Å². The highest BCUT2D eigenvalue weighted by molar-refractivity contribution is 4.58. The highest BCUT2D eigenvalue weighted by Gasteiger charge is 2.27. The molecule has 0 aliphatic heterocycles. The summed E-state index contributed by atoms with van der Waals surface area (Å²) < 4.78 is 44.2. The lowest BCUT2D eigenvalue weighted by Gasteiger charge is -2.12. The fourth-order valence-corrected chi connectivity index (χ4v) is 1.02. The third-order valence-corrected chi connectivity index (χ3v) is 1.64. The minimum atomic E-state index is -4.23. The molecule has 0 aliphatic rings. The van der Waals surface area contributed by atoms with Gasteiger partial charge < -0.3 is 14.8 Å². The predicted molar refractivity (Wildman–Crippen MR) is 50.8 cm³/mol. The Balaban J connectivity index is 3.18. The molecule has 0 aliphatic carbocycles. The third kappa shape index (κ3) is 11.6. The van der Waals surface area contributed by atoms with Crippen LogP contribution in [0.1, 0.15) is 13.3 Å². The van der Waals surface area contributed by atoms with Crippen molar-refractivity contribution in [1.29, 1.82) is 0 Å². The molecule has 0 saturated carbocycles. The van der Waals surface area contributed by atoms with E-state index in [2.05, 4.69) is 10.1 Å². The Labute approximate surface area is 87.9 Å². The van der Waals surface area contributed by atoms with Crippen LogP contribution in [0.25, 0.3) is 0 Å². The monoisotopic (exact) mass is 229 g/mol. The molecule has 0 saturated heterocycles. The summed E-state index contributed by atoms with van der Waals surface area (Å²) in [5.74, 6) is 0. The Morgan fingerprint density at radius 3 is 2.53 bits per heavy atom. The highest BCUT2D eigenvalue weighted by atomic mass is 19.4. The van der Waals surface area contributed by atoms with E-state index in [0.29, 0.717) is 19.6 Å². The number of methoxy groups -OCH3 is 1. The lowest BCUT2D eigenvalue weighted by Crippen LogP contribution is -2.31. The molecule has 0 spiro atoms. The van der Waals surface area contributed by atoms with Crippen molar-refractivity contribution in [2.24, 2.45) is 0 Å². The maximum atomic E-state index is 11.6. The van der Waals surface area contributed by atoms with Crippen molar-refractivity contribution in [3.8, 4) is 0 Å². The maximum Gasteiger partial charge on any atom is 0.411 e. The summed E-state index contributed by atoms with van der Waals surface area (Å²) in [7, 11) is 1.60. The minimum Gasteiger partial charge on any atom is -0.383 e. The van der Waals surface area contributed by atoms with E-state index in [1.54, 1.807) is 7.11 Å². The van der Waals surface area contributed by atoms with E-state index in [9.17, 15) is 13.2 Å². The molecule has 0 rings (SSSR count). The molecular weight excluding hydrogens is 211 g/mol. The van der Waals surface area contributed by atoms with Gasteiger partial charge in [-0.05, 0) is 19.9 Å². The minimum absolute atomic E-state index is 0.117. The van der Waals surface area contributed by atoms with Gasteiger partial charge in [0.25, 0.3) is 0 Å². The molecule has 0 amide bonds. The van der Waals surface area contributed by atoms with Gasteiger partial charge in [0.05, 0.1) is 6.61 Å². The standard InChI is InChI=1S/C9H18F3NO2/c1-8(6-14-2)13-4-3-5-15-7-9(10,11)12/h8,13H,3-7H2,1-2H3. The lowest BCUT2D eigenvalue weighted by molar-refractivity contribution is -0.173. The number of hydrogen-bond acceptors (Lipinski definition) is 3. The molecule has 0 fully saturated rings. The number of nitrogens with one attached hydrogen (secondary N) is 1. The molecule has 6 heteroatoms. The van der Waals surface area contributed by atoms with Crippen LogP contribution in [-0.4, -0.2) is 45.7 Å². The van der Waals surface area contributed by atoms with Crippen LogP contribution in [0.4, 0.5) is 13.2 Å². The largest absolute Gasteiger partial charge is 0.411 e. The van der Waals surface area contributed by atoms with Gasteiger partial charge in [-0.25, -0.2) is 0 Å². The average Bonchev–Trinajstić information content (AvgIpc) is 2.09. The highest BCUT2D eigenvalue weighted by Crippen LogP contribution is 2.14. The summed E-state index contributed by atoms with van der Waals surface area (Å²) in [6.45, 7) is 2.11. The van der Waals surface area contributed by atoms with E-state index in [-0.39, 0.29) is 12.6 Å². The van der Waals surface area contributed by atoms with Gasteiger partial charge in [0.15, 0.2) is 0 Å². The van der Waals surface area contributed by atoms with Gasteiger partial charge in [-0.1, -0.05) is 0 Å². The zero-order valence-electron chi connectivity index (χ0n) is 9.06. The maximum absolute atomic E-state index is 11.6. The second kappa shape index (κ2) is 7.90. The number of alkyl halides is 3. The zero-order valence-corrected chi connectivity index (χ0v) is 9.06. The van der Waals surface area contributed by atoms with Crippen LogP contribution < -0.4 is 5.32 Å². The first-order valence-corrected chi connectivity index (χ1v) is 4.82. The number of ether oxygens (including phenoxy) is 2. The van der Waals surface area contributed by atoms with Gasteiger partial charge in [0.1, 0.15) is 6.61 Å². The summed E-state index contributed by atoms with van der Waals surface area (Å²) in [6, 6.07) is 0.206. The Morgan fingerprint density at radius 2 is 2.00 bits per heavy atom. The van der Waals surface area contributed by atoms with Crippen LogP contribution in [0.5, 0.6) is 0 Å². The van der Waals surface area contributed by atoms with Crippen LogP contribution in [0.2, 0.25) is 0 Å². The van der Waals surface area contributed by atoms with E-state index >= 15 is 0 Å². The summed E-state index contributed by atoms with van der Waals surface area (Å²) in [5.41, 5.74) is 0. The topological polar surface area (TPSA) is 30.5 Å². The van der Waals surface area contributed by atoms with Crippen molar-refractivity contribution < 1.29 is 22.6 Å². The van der Waals surface area contributed by atoms with Gasteiger partial charge in [-0.2, -0.15) is 13.2 Å². The van der Waals surface area contributed by atoms with E-state index in [1.807, 2.05) is 6.92 Å².